The quantitative estimate of drug-likeness (QED) is 0.689. The van der Waals surface area contributed by atoms with Crippen LogP contribution in [0.25, 0.3) is 11.0 Å². The van der Waals surface area contributed by atoms with Gasteiger partial charge in [0.1, 0.15) is 11.3 Å². The van der Waals surface area contributed by atoms with E-state index < -0.39 is 0 Å². The van der Waals surface area contributed by atoms with Gasteiger partial charge in [-0.25, -0.2) is 4.98 Å². The van der Waals surface area contributed by atoms with Crippen LogP contribution in [0, 0.1) is 6.92 Å². The van der Waals surface area contributed by atoms with Crippen LogP contribution in [0.4, 0.5) is 0 Å². The smallest absolute Gasteiger partial charge is 0.134 e. The molecule has 0 aliphatic rings. The molecule has 0 amide bonds. The maximum absolute atomic E-state index is 5.75. The van der Waals surface area contributed by atoms with E-state index in [-0.39, 0.29) is 0 Å². The van der Waals surface area contributed by atoms with Gasteiger partial charge >= 0.3 is 0 Å². The summed E-state index contributed by atoms with van der Waals surface area (Å²) in [6.45, 7) is 3.77. The third-order valence-electron chi connectivity index (χ3n) is 3.33. The van der Waals surface area contributed by atoms with Crippen molar-refractivity contribution < 1.29 is 4.42 Å². The molecule has 4 heteroatoms. The lowest BCUT2D eigenvalue weighted by molar-refractivity contribution is 0.565. The first-order valence-corrected chi connectivity index (χ1v) is 6.49. The minimum atomic E-state index is 0.830. The number of nitrogens with one attached hydrogen (secondary N) is 2. The van der Waals surface area contributed by atoms with Crippen LogP contribution in [0.15, 0.2) is 41.2 Å². The van der Waals surface area contributed by atoms with Crippen LogP contribution in [-0.4, -0.2) is 16.5 Å². The van der Waals surface area contributed by atoms with E-state index >= 15 is 0 Å². The molecular formula is C15H17N3O. The highest BCUT2D eigenvalue weighted by Crippen LogP contribution is 2.24. The van der Waals surface area contributed by atoms with Gasteiger partial charge in [-0.3, -0.25) is 0 Å². The van der Waals surface area contributed by atoms with Crippen molar-refractivity contribution in [2.45, 2.75) is 19.9 Å². The molecule has 2 heterocycles. The molecule has 0 spiro atoms. The van der Waals surface area contributed by atoms with Gasteiger partial charge in [0.05, 0.1) is 6.33 Å². The van der Waals surface area contributed by atoms with Crippen molar-refractivity contribution in [2.24, 2.45) is 0 Å². The van der Waals surface area contributed by atoms with Gasteiger partial charge in [-0.15, -0.1) is 0 Å². The summed E-state index contributed by atoms with van der Waals surface area (Å²) in [5.41, 5.74) is 3.37. The number of aromatic nitrogens is 2. The van der Waals surface area contributed by atoms with Crippen molar-refractivity contribution in [1.82, 2.24) is 15.3 Å². The molecular weight excluding hydrogens is 238 g/mol. The summed E-state index contributed by atoms with van der Waals surface area (Å²) in [7, 11) is 0. The van der Waals surface area contributed by atoms with Crippen molar-refractivity contribution in [1.29, 1.82) is 0 Å². The number of para-hydroxylation sites is 1. The molecule has 19 heavy (non-hydrogen) atoms. The average molecular weight is 255 g/mol. The fourth-order valence-corrected chi connectivity index (χ4v) is 2.30. The van der Waals surface area contributed by atoms with Crippen LogP contribution in [0.3, 0.4) is 0 Å². The predicted molar refractivity (Wildman–Crippen MR) is 74.9 cm³/mol. The van der Waals surface area contributed by atoms with E-state index in [1.165, 1.54) is 10.9 Å². The van der Waals surface area contributed by atoms with Crippen LogP contribution in [0.1, 0.15) is 17.0 Å². The van der Waals surface area contributed by atoms with E-state index in [9.17, 15) is 0 Å². The molecule has 0 radical (unpaired) electrons. The highest BCUT2D eigenvalue weighted by atomic mass is 16.3. The Hall–Kier alpha value is -2.07. The van der Waals surface area contributed by atoms with Gasteiger partial charge in [0.25, 0.3) is 0 Å². The largest absolute Gasteiger partial charge is 0.461 e. The molecule has 0 saturated carbocycles. The zero-order valence-corrected chi connectivity index (χ0v) is 10.9. The van der Waals surface area contributed by atoms with Gasteiger partial charge < -0.3 is 14.7 Å². The standard InChI is InChI=1S/C15H17N3O/c1-11-14(13-4-2-3-5-15(13)19-11)9-16-7-6-12-8-17-10-18-12/h2-5,8,10,16H,6-7,9H2,1H3,(H,17,18). The third kappa shape index (κ3) is 2.53. The Balaban J connectivity index is 1.63. The number of imidazole rings is 1. The SMILES string of the molecule is Cc1oc2ccccc2c1CNCCc1cnc[nH]1. The first-order chi connectivity index (χ1) is 9.34. The lowest BCUT2D eigenvalue weighted by atomic mass is 10.1. The minimum absolute atomic E-state index is 0.830. The Bertz CT molecular complexity index is 655. The maximum atomic E-state index is 5.75. The normalized spacial score (nSPS) is 11.2. The number of hydrogen-bond donors (Lipinski definition) is 2. The van der Waals surface area contributed by atoms with Gasteiger partial charge in [0, 0.05) is 42.4 Å². The Morgan fingerprint density at radius 2 is 2.21 bits per heavy atom. The van der Waals surface area contributed by atoms with E-state index in [1.807, 2.05) is 31.3 Å². The molecule has 0 aliphatic heterocycles. The molecule has 0 unspecified atom stereocenters. The summed E-state index contributed by atoms with van der Waals surface area (Å²) in [5, 5.41) is 4.65. The van der Waals surface area contributed by atoms with Crippen molar-refractivity contribution >= 4 is 11.0 Å². The second kappa shape index (κ2) is 5.28. The number of hydrogen-bond acceptors (Lipinski definition) is 3. The molecule has 0 fully saturated rings. The van der Waals surface area contributed by atoms with Crippen LogP contribution < -0.4 is 5.32 Å². The molecule has 4 nitrogen and oxygen atoms in total. The average Bonchev–Trinajstić information content (AvgIpc) is 3.02. The monoisotopic (exact) mass is 255 g/mol. The second-order valence-corrected chi connectivity index (χ2v) is 4.64. The summed E-state index contributed by atoms with van der Waals surface area (Å²) in [6.07, 6.45) is 4.53. The molecule has 2 N–H and O–H groups in total. The Morgan fingerprint density at radius 3 is 3.05 bits per heavy atom. The second-order valence-electron chi connectivity index (χ2n) is 4.64. The Morgan fingerprint density at radius 1 is 1.32 bits per heavy atom. The van der Waals surface area contributed by atoms with E-state index in [2.05, 4.69) is 21.4 Å². The van der Waals surface area contributed by atoms with Gasteiger partial charge in [-0.05, 0) is 13.0 Å². The van der Waals surface area contributed by atoms with Crippen molar-refractivity contribution in [3.8, 4) is 0 Å². The van der Waals surface area contributed by atoms with E-state index in [0.29, 0.717) is 0 Å². The molecule has 3 rings (SSSR count). The fraction of sp³-hybridized carbons (Fsp3) is 0.267. The number of aryl methyl sites for hydroxylation is 1. The molecule has 3 aromatic rings. The zero-order chi connectivity index (χ0) is 13.1. The molecule has 0 bridgehead atoms. The first-order valence-electron chi connectivity index (χ1n) is 6.49. The Labute approximate surface area is 111 Å². The highest BCUT2D eigenvalue weighted by molar-refractivity contribution is 5.82. The first kappa shape index (κ1) is 12.0. The van der Waals surface area contributed by atoms with Crippen LogP contribution in [0.2, 0.25) is 0 Å². The highest BCUT2D eigenvalue weighted by Gasteiger charge is 2.09. The van der Waals surface area contributed by atoms with E-state index in [4.69, 9.17) is 4.42 Å². The zero-order valence-electron chi connectivity index (χ0n) is 10.9. The summed E-state index contributed by atoms with van der Waals surface area (Å²) >= 11 is 0. The molecule has 98 valence electrons. The maximum Gasteiger partial charge on any atom is 0.134 e. The number of benzene rings is 1. The fourth-order valence-electron chi connectivity index (χ4n) is 2.30. The molecule has 2 aromatic heterocycles. The number of aromatic amines is 1. The van der Waals surface area contributed by atoms with Crippen molar-refractivity contribution in [3.63, 3.8) is 0 Å². The molecule has 0 atom stereocenters. The number of rotatable bonds is 5. The van der Waals surface area contributed by atoms with Crippen LogP contribution in [-0.2, 0) is 13.0 Å². The summed E-state index contributed by atoms with van der Waals surface area (Å²) in [5.74, 6) is 0.996. The van der Waals surface area contributed by atoms with Crippen molar-refractivity contribution in [2.75, 3.05) is 6.54 Å². The predicted octanol–water partition coefficient (Wildman–Crippen LogP) is 2.80. The number of furan rings is 1. The van der Waals surface area contributed by atoms with Gasteiger partial charge in [-0.1, -0.05) is 18.2 Å². The topological polar surface area (TPSA) is 53.9 Å². The Kier molecular flexibility index (Phi) is 3.33. The van der Waals surface area contributed by atoms with E-state index in [1.54, 1.807) is 6.33 Å². The lowest BCUT2D eigenvalue weighted by Crippen LogP contribution is -2.17. The van der Waals surface area contributed by atoms with Gasteiger partial charge in [-0.2, -0.15) is 0 Å². The number of fused-ring (bicyclic) bond motifs is 1. The molecule has 0 saturated heterocycles. The summed E-state index contributed by atoms with van der Waals surface area (Å²) in [6, 6.07) is 8.17. The molecule has 0 aliphatic carbocycles. The molecule has 1 aromatic carbocycles. The van der Waals surface area contributed by atoms with Gasteiger partial charge in [0.15, 0.2) is 0 Å². The van der Waals surface area contributed by atoms with Crippen LogP contribution in [0.5, 0.6) is 0 Å². The van der Waals surface area contributed by atoms with Crippen LogP contribution >= 0.6 is 0 Å². The third-order valence-corrected chi connectivity index (χ3v) is 3.33. The van der Waals surface area contributed by atoms with E-state index in [0.717, 1.165) is 36.5 Å². The van der Waals surface area contributed by atoms with Crippen molar-refractivity contribution in [3.05, 3.63) is 53.8 Å². The minimum Gasteiger partial charge on any atom is -0.461 e. The summed E-state index contributed by atoms with van der Waals surface area (Å²) in [4.78, 5) is 7.11. The van der Waals surface area contributed by atoms with Gasteiger partial charge in [0.2, 0.25) is 0 Å². The summed E-state index contributed by atoms with van der Waals surface area (Å²) < 4.78 is 5.75. The lowest BCUT2D eigenvalue weighted by Gasteiger charge is -2.03. The number of nitrogens with zero attached hydrogens (tertiary/aromatic N) is 1. The number of H-pyrrole nitrogens is 1.